The van der Waals surface area contributed by atoms with Gasteiger partial charge in [-0.3, -0.25) is 4.98 Å². The Hall–Kier alpha value is -2.43. The van der Waals surface area contributed by atoms with E-state index in [4.69, 9.17) is 5.11 Å². The van der Waals surface area contributed by atoms with E-state index in [1.54, 1.807) is 24.4 Å². The number of rotatable bonds is 3. The molecule has 0 saturated carbocycles. The number of nitrogens with zero attached hydrogens (tertiary/aromatic N) is 2. The van der Waals surface area contributed by atoms with E-state index in [1.807, 2.05) is 0 Å². The van der Waals surface area contributed by atoms with Crippen molar-refractivity contribution in [3.63, 3.8) is 0 Å². The fourth-order valence-corrected chi connectivity index (χ4v) is 1.28. The first-order valence-electron chi connectivity index (χ1n) is 4.63. The van der Waals surface area contributed by atoms with Crippen molar-refractivity contribution in [2.75, 3.05) is 5.32 Å². The van der Waals surface area contributed by atoms with Crippen LogP contribution in [0.1, 0.15) is 10.4 Å². The summed E-state index contributed by atoms with van der Waals surface area (Å²) >= 11 is 0. The van der Waals surface area contributed by atoms with Gasteiger partial charge in [-0.1, -0.05) is 12.1 Å². The Morgan fingerprint density at radius 1 is 1.25 bits per heavy atom. The minimum atomic E-state index is -0.980. The van der Waals surface area contributed by atoms with Crippen LogP contribution in [0, 0.1) is 0 Å². The first-order valence-corrected chi connectivity index (χ1v) is 4.63. The number of hydrogen-bond acceptors (Lipinski definition) is 4. The lowest BCUT2D eigenvalue weighted by Crippen LogP contribution is -2.03. The number of aromatic carboxylic acids is 1. The summed E-state index contributed by atoms with van der Waals surface area (Å²) in [5.74, 6) is -0.469. The van der Waals surface area contributed by atoms with Crippen molar-refractivity contribution in [2.45, 2.75) is 0 Å². The lowest BCUT2D eigenvalue weighted by atomic mass is 10.2. The van der Waals surface area contributed by atoms with Gasteiger partial charge in [-0.15, -0.1) is 0 Å². The molecule has 1 aromatic carbocycles. The Morgan fingerprint density at radius 3 is 2.75 bits per heavy atom. The minimum Gasteiger partial charge on any atom is -0.478 e. The lowest BCUT2D eigenvalue weighted by molar-refractivity contribution is 0.0698. The monoisotopic (exact) mass is 215 g/mol. The van der Waals surface area contributed by atoms with Gasteiger partial charge in [-0.2, -0.15) is 0 Å². The second-order valence-corrected chi connectivity index (χ2v) is 3.07. The summed E-state index contributed by atoms with van der Waals surface area (Å²) in [6, 6.07) is 6.63. The van der Waals surface area contributed by atoms with Crippen molar-refractivity contribution in [3.8, 4) is 0 Å². The SMILES string of the molecule is O=C(O)c1ccccc1Nc1cnccn1. The smallest absolute Gasteiger partial charge is 0.337 e. The molecular formula is C11H9N3O2. The number of anilines is 2. The second kappa shape index (κ2) is 4.39. The third kappa shape index (κ3) is 2.14. The van der Waals surface area contributed by atoms with Crippen LogP contribution in [0.25, 0.3) is 0 Å². The maximum Gasteiger partial charge on any atom is 0.337 e. The Morgan fingerprint density at radius 2 is 2.06 bits per heavy atom. The molecule has 0 bridgehead atoms. The highest BCUT2D eigenvalue weighted by atomic mass is 16.4. The number of nitrogens with one attached hydrogen (secondary N) is 1. The fourth-order valence-electron chi connectivity index (χ4n) is 1.28. The first kappa shape index (κ1) is 10.1. The number of carbonyl (C=O) groups is 1. The molecule has 5 nitrogen and oxygen atoms in total. The Balaban J connectivity index is 2.31. The summed E-state index contributed by atoms with van der Waals surface area (Å²) in [4.78, 5) is 18.8. The summed E-state index contributed by atoms with van der Waals surface area (Å²) in [6.07, 6.45) is 4.61. The van der Waals surface area contributed by atoms with E-state index in [-0.39, 0.29) is 5.56 Å². The molecule has 0 fully saturated rings. The van der Waals surface area contributed by atoms with E-state index >= 15 is 0 Å². The summed E-state index contributed by atoms with van der Waals surface area (Å²) in [5, 5.41) is 11.9. The van der Waals surface area contributed by atoms with Gasteiger partial charge in [0.1, 0.15) is 5.82 Å². The summed E-state index contributed by atoms with van der Waals surface area (Å²) in [5.41, 5.74) is 0.698. The quantitative estimate of drug-likeness (QED) is 0.818. The van der Waals surface area contributed by atoms with E-state index in [0.29, 0.717) is 11.5 Å². The highest BCUT2D eigenvalue weighted by Crippen LogP contribution is 2.18. The maximum absolute atomic E-state index is 10.9. The highest BCUT2D eigenvalue weighted by molar-refractivity contribution is 5.94. The van der Waals surface area contributed by atoms with Crippen LogP contribution in [-0.4, -0.2) is 21.0 Å². The van der Waals surface area contributed by atoms with Crippen molar-refractivity contribution in [1.82, 2.24) is 9.97 Å². The van der Waals surface area contributed by atoms with Crippen LogP contribution in [0.4, 0.5) is 11.5 Å². The van der Waals surface area contributed by atoms with E-state index in [1.165, 1.54) is 18.5 Å². The standard InChI is InChI=1S/C11H9N3O2/c15-11(16)8-3-1-2-4-9(8)14-10-7-12-5-6-13-10/h1-7H,(H,13,14)(H,15,16). The molecule has 5 heteroatoms. The molecule has 0 radical (unpaired) electrons. The first-order chi connectivity index (χ1) is 7.77. The molecule has 80 valence electrons. The van der Waals surface area contributed by atoms with Crippen LogP contribution < -0.4 is 5.32 Å². The highest BCUT2D eigenvalue weighted by Gasteiger charge is 2.08. The van der Waals surface area contributed by atoms with Crippen LogP contribution in [0.3, 0.4) is 0 Å². The van der Waals surface area contributed by atoms with Crippen LogP contribution in [-0.2, 0) is 0 Å². The van der Waals surface area contributed by atoms with Crippen molar-refractivity contribution < 1.29 is 9.90 Å². The van der Waals surface area contributed by atoms with Crippen molar-refractivity contribution in [3.05, 3.63) is 48.4 Å². The van der Waals surface area contributed by atoms with Crippen LogP contribution >= 0.6 is 0 Å². The molecule has 1 heterocycles. The summed E-state index contributed by atoms with van der Waals surface area (Å²) in [7, 11) is 0. The third-order valence-corrected chi connectivity index (χ3v) is 1.98. The van der Waals surface area contributed by atoms with E-state index in [2.05, 4.69) is 15.3 Å². The maximum atomic E-state index is 10.9. The number of carboxylic acid groups (broad SMARTS) is 1. The van der Waals surface area contributed by atoms with Gasteiger partial charge >= 0.3 is 5.97 Å². The van der Waals surface area contributed by atoms with Crippen LogP contribution in [0.2, 0.25) is 0 Å². The van der Waals surface area contributed by atoms with Crippen molar-refractivity contribution >= 4 is 17.5 Å². The topological polar surface area (TPSA) is 75.1 Å². The predicted octanol–water partition coefficient (Wildman–Crippen LogP) is 1.92. The molecule has 0 spiro atoms. The molecule has 2 aromatic rings. The normalized spacial score (nSPS) is 9.75. The molecule has 16 heavy (non-hydrogen) atoms. The summed E-state index contributed by atoms with van der Waals surface area (Å²) < 4.78 is 0. The molecule has 0 aliphatic heterocycles. The van der Waals surface area contributed by atoms with Gasteiger partial charge in [0.15, 0.2) is 0 Å². The van der Waals surface area contributed by atoms with E-state index in [0.717, 1.165) is 0 Å². The number of benzene rings is 1. The molecule has 0 aliphatic carbocycles. The van der Waals surface area contributed by atoms with Gasteiger partial charge in [0.25, 0.3) is 0 Å². The molecule has 0 saturated heterocycles. The van der Waals surface area contributed by atoms with Crippen LogP contribution in [0.15, 0.2) is 42.9 Å². The zero-order valence-electron chi connectivity index (χ0n) is 8.29. The Kier molecular flexibility index (Phi) is 2.77. The molecule has 0 amide bonds. The van der Waals surface area contributed by atoms with Crippen molar-refractivity contribution in [2.24, 2.45) is 0 Å². The zero-order valence-corrected chi connectivity index (χ0v) is 8.29. The largest absolute Gasteiger partial charge is 0.478 e. The fraction of sp³-hybridized carbons (Fsp3) is 0. The van der Waals surface area contributed by atoms with E-state index < -0.39 is 5.97 Å². The molecule has 2 rings (SSSR count). The number of aromatic nitrogens is 2. The number of hydrogen-bond donors (Lipinski definition) is 2. The average Bonchev–Trinajstić information content (AvgIpc) is 2.31. The third-order valence-electron chi connectivity index (χ3n) is 1.98. The molecule has 2 N–H and O–H groups in total. The molecule has 1 aromatic heterocycles. The number of para-hydroxylation sites is 1. The molecule has 0 aliphatic rings. The second-order valence-electron chi connectivity index (χ2n) is 3.07. The zero-order chi connectivity index (χ0) is 11.4. The average molecular weight is 215 g/mol. The van der Waals surface area contributed by atoms with Gasteiger partial charge in [-0.25, -0.2) is 9.78 Å². The van der Waals surface area contributed by atoms with Gasteiger partial charge in [0.05, 0.1) is 17.4 Å². The van der Waals surface area contributed by atoms with Crippen molar-refractivity contribution in [1.29, 1.82) is 0 Å². The lowest BCUT2D eigenvalue weighted by Gasteiger charge is -2.07. The Labute approximate surface area is 91.8 Å². The number of carboxylic acids is 1. The Bertz CT molecular complexity index is 500. The van der Waals surface area contributed by atoms with Gasteiger partial charge < -0.3 is 10.4 Å². The molecular weight excluding hydrogens is 206 g/mol. The molecule has 0 atom stereocenters. The summed E-state index contributed by atoms with van der Waals surface area (Å²) in [6.45, 7) is 0. The minimum absolute atomic E-state index is 0.202. The predicted molar refractivity (Wildman–Crippen MR) is 58.7 cm³/mol. The van der Waals surface area contributed by atoms with Crippen LogP contribution in [0.5, 0.6) is 0 Å². The van der Waals surface area contributed by atoms with Gasteiger partial charge in [0.2, 0.25) is 0 Å². The van der Waals surface area contributed by atoms with E-state index in [9.17, 15) is 4.79 Å². The molecule has 0 unspecified atom stereocenters. The van der Waals surface area contributed by atoms with Gasteiger partial charge in [0, 0.05) is 12.4 Å². The van der Waals surface area contributed by atoms with Gasteiger partial charge in [-0.05, 0) is 12.1 Å².